The Balaban J connectivity index is 1.83. The number of carbonyl (C=O) groups is 2. The normalized spacial score (nSPS) is 12.1. The number of hydrogen-bond acceptors (Lipinski definition) is 4. The van der Waals surface area contributed by atoms with Crippen LogP contribution >= 0.6 is 23.2 Å². The van der Waals surface area contributed by atoms with Crippen molar-refractivity contribution in [3.05, 3.63) is 130 Å². The van der Waals surface area contributed by atoms with Crippen LogP contribution in [0.2, 0.25) is 10.0 Å². The van der Waals surface area contributed by atoms with Crippen molar-refractivity contribution in [2.24, 2.45) is 0 Å². The molecule has 11 heteroatoms. The molecule has 0 heterocycles. The maximum absolute atomic E-state index is 14.4. The summed E-state index contributed by atoms with van der Waals surface area (Å²) in [5.41, 5.74) is 2.20. The number of carbonyl (C=O) groups excluding carboxylic acids is 2. The van der Waals surface area contributed by atoms with Crippen LogP contribution in [0.15, 0.2) is 102 Å². The van der Waals surface area contributed by atoms with Crippen LogP contribution in [0.4, 0.5) is 10.1 Å². The maximum Gasteiger partial charge on any atom is 0.264 e. The van der Waals surface area contributed by atoms with Crippen molar-refractivity contribution in [1.29, 1.82) is 0 Å². The van der Waals surface area contributed by atoms with Gasteiger partial charge in [0.15, 0.2) is 0 Å². The molecular formula is C34H34Cl2FN3O4S. The number of nitrogens with one attached hydrogen (secondary N) is 1. The molecule has 0 saturated heterocycles. The first-order valence-electron chi connectivity index (χ1n) is 14.3. The highest BCUT2D eigenvalue weighted by Gasteiger charge is 2.35. The van der Waals surface area contributed by atoms with Crippen molar-refractivity contribution in [3.8, 4) is 0 Å². The second-order valence-electron chi connectivity index (χ2n) is 10.9. The average molecular weight is 671 g/mol. The summed E-state index contributed by atoms with van der Waals surface area (Å²) in [5.74, 6) is -1.55. The zero-order valence-electron chi connectivity index (χ0n) is 25.1. The molecule has 0 aliphatic heterocycles. The van der Waals surface area contributed by atoms with Crippen LogP contribution in [0.25, 0.3) is 0 Å². The first-order valence-corrected chi connectivity index (χ1v) is 16.5. The van der Waals surface area contributed by atoms with Gasteiger partial charge in [0, 0.05) is 19.0 Å². The number of sulfonamides is 1. The fourth-order valence-electron chi connectivity index (χ4n) is 4.76. The summed E-state index contributed by atoms with van der Waals surface area (Å²) in [6.07, 6.45) is 0.148. The molecule has 4 rings (SSSR count). The van der Waals surface area contributed by atoms with E-state index in [0.29, 0.717) is 5.56 Å². The van der Waals surface area contributed by atoms with Crippen LogP contribution in [-0.2, 0) is 32.6 Å². The van der Waals surface area contributed by atoms with Gasteiger partial charge in [-0.25, -0.2) is 12.8 Å². The molecule has 7 nitrogen and oxygen atoms in total. The number of benzene rings is 4. The molecule has 0 saturated carbocycles. The van der Waals surface area contributed by atoms with Gasteiger partial charge in [-0.2, -0.15) is 0 Å². The minimum atomic E-state index is -4.35. The lowest BCUT2D eigenvalue weighted by molar-refractivity contribution is -0.140. The minimum Gasteiger partial charge on any atom is -0.352 e. The van der Waals surface area contributed by atoms with Gasteiger partial charge in [-0.3, -0.25) is 13.9 Å². The van der Waals surface area contributed by atoms with Crippen molar-refractivity contribution in [2.75, 3.05) is 10.8 Å². The lowest BCUT2D eigenvalue weighted by atomic mass is 10.0. The molecule has 1 N–H and O–H groups in total. The summed E-state index contributed by atoms with van der Waals surface area (Å²) in [4.78, 5) is 29.4. The predicted octanol–water partition coefficient (Wildman–Crippen LogP) is 6.80. The molecule has 4 aromatic carbocycles. The van der Waals surface area contributed by atoms with Crippen LogP contribution in [0.5, 0.6) is 0 Å². The van der Waals surface area contributed by atoms with Gasteiger partial charge in [0.2, 0.25) is 11.8 Å². The molecule has 0 aliphatic rings. The third kappa shape index (κ3) is 8.63. The number of nitrogens with zero attached hydrogens (tertiary/aromatic N) is 2. The Morgan fingerprint density at radius 2 is 1.49 bits per heavy atom. The highest BCUT2D eigenvalue weighted by molar-refractivity contribution is 7.92. The van der Waals surface area contributed by atoms with E-state index < -0.39 is 40.2 Å². The highest BCUT2D eigenvalue weighted by atomic mass is 35.5. The molecule has 0 spiro atoms. The van der Waals surface area contributed by atoms with Gasteiger partial charge in [0.05, 0.1) is 20.6 Å². The Morgan fingerprint density at radius 3 is 2.11 bits per heavy atom. The molecule has 0 fully saturated rings. The average Bonchev–Trinajstić information content (AvgIpc) is 3.00. The van der Waals surface area contributed by atoms with Crippen LogP contribution in [0.3, 0.4) is 0 Å². The van der Waals surface area contributed by atoms with Gasteiger partial charge in [-0.15, -0.1) is 0 Å². The number of anilines is 1. The van der Waals surface area contributed by atoms with Crippen molar-refractivity contribution < 1.29 is 22.4 Å². The molecule has 0 aromatic heterocycles. The Hall–Kier alpha value is -3.92. The van der Waals surface area contributed by atoms with Gasteiger partial charge in [-0.1, -0.05) is 89.4 Å². The smallest absolute Gasteiger partial charge is 0.264 e. The number of hydrogen-bond donors (Lipinski definition) is 1. The fraction of sp³-hybridized carbons (Fsp3) is 0.235. The monoisotopic (exact) mass is 669 g/mol. The van der Waals surface area contributed by atoms with Crippen molar-refractivity contribution in [1.82, 2.24) is 10.2 Å². The molecule has 0 radical (unpaired) electrons. The molecule has 2 amide bonds. The quantitative estimate of drug-likeness (QED) is 0.180. The Labute approximate surface area is 273 Å². The summed E-state index contributed by atoms with van der Waals surface area (Å²) in [6, 6.07) is 24.2. The topological polar surface area (TPSA) is 86.8 Å². The highest BCUT2D eigenvalue weighted by Crippen LogP contribution is 2.35. The van der Waals surface area contributed by atoms with Gasteiger partial charge in [0.1, 0.15) is 18.4 Å². The lowest BCUT2D eigenvalue weighted by Crippen LogP contribution is -2.54. The molecule has 4 aromatic rings. The zero-order valence-corrected chi connectivity index (χ0v) is 27.4. The van der Waals surface area contributed by atoms with Gasteiger partial charge in [0.25, 0.3) is 10.0 Å². The predicted molar refractivity (Wildman–Crippen MR) is 176 cm³/mol. The molecule has 0 bridgehead atoms. The van der Waals surface area contributed by atoms with Crippen LogP contribution in [-0.4, -0.2) is 43.8 Å². The summed E-state index contributed by atoms with van der Waals surface area (Å²) in [7, 11) is -4.35. The van der Waals surface area contributed by atoms with E-state index >= 15 is 0 Å². The van der Waals surface area contributed by atoms with Gasteiger partial charge < -0.3 is 10.2 Å². The summed E-state index contributed by atoms with van der Waals surface area (Å²) in [5, 5.41) is 2.95. The summed E-state index contributed by atoms with van der Waals surface area (Å²) >= 11 is 12.8. The number of aryl methyl sites for hydroxylation is 1. The van der Waals surface area contributed by atoms with Gasteiger partial charge >= 0.3 is 0 Å². The fourth-order valence-corrected chi connectivity index (χ4v) is 6.63. The van der Waals surface area contributed by atoms with E-state index in [4.69, 9.17) is 23.2 Å². The van der Waals surface area contributed by atoms with E-state index in [1.165, 1.54) is 59.5 Å². The van der Waals surface area contributed by atoms with Crippen molar-refractivity contribution >= 4 is 50.7 Å². The van der Waals surface area contributed by atoms with Gasteiger partial charge in [-0.05, 0) is 68.3 Å². The molecule has 0 aliphatic carbocycles. The van der Waals surface area contributed by atoms with Crippen molar-refractivity contribution in [3.63, 3.8) is 0 Å². The Morgan fingerprint density at radius 1 is 0.844 bits per heavy atom. The summed E-state index contributed by atoms with van der Waals surface area (Å²) < 4.78 is 43.0. The zero-order chi connectivity index (χ0) is 32.7. The van der Waals surface area contributed by atoms with E-state index in [1.807, 2.05) is 37.3 Å². The van der Waals surface area contributed by atoms with Crippen molar-refractivity contribution in [2.45, 2.75) is 50.7 Å². The maximum atomic E-state index is 14.4. The van der Waals surface area contributed by atoms with E-state index in [-0.39, 0.29) is 39.6 Å². The molecule has 45 heavy (non-hydrogen) atoms. The standard InChI is InChI=1S/C34H34Cl2FN3O4S/c1-23(2)38-34(42)31(20-25-8-5-4-6-9-25)39(21-26-14-16-27(37)17-15-26)32(41)22-40(30-11-7-10-29(35)33(30)36)45(43,44)28-18-12-24(3)13-19-28/h4-19,23,31H,20-22H2,1-3H3,(H,38,42)/t31-/m1/s1. The van der Waals surface area contributed by atoms with Crippen LogP contribution in [0, 0.1) is 12.7 Å². The SMILES string of the molecule is Cc1ccc(S(=O)(=O)N(CC(=O)N(Cc2ccc(F)cc2)[C@H](Cc2ccccc2)C(=O)NC(C)C)c2cccc(Cl)c2Cl)cc1. The molecular weight excluding hydrogens is 636 g/mol. The Kier molecular flexibility index (Phi) is 11.3. The van der Waals surface area contributed by atoms with E-state index in [0.717, 1.165) is 15.4 Å². The second-order valence-corrected chi connectivity index (χ2v) is 13.6. The number of rotatable bonds is 12. The molecule has 1 atom stereocenters. The van der Waals surface area contributed by atoms with E-state index in [2.05, 4.69) is 5.32 Å². The Bertz CT molecular complexity index is 1740. The first kappa shape index (κ1) is 34.0. The molecule has 0 unspecified atom stereocenters. The first-order chi connectivity index (χ1) is 21.4. The second kappa shape index (κ2) is 14.9. The minimum absolute atomic E-state index is 0.00562. The third-order valence-electron chi connectivity index (χ3n) is 7.06. The van der Waals surface area contributed by atoms with Crippen LogP contribution in [0.1, 0.15) is 30.5 Å². The molecule has 236 valence electrons. The number of amides is 2. The largest absolute Gasteiger partial charge is 0.352 e. The third-order valence-corrected chi connectivity index (χ3v) is 9.64. The lowest BCUT2D eigenvalue weighted by Gasteiger charge is -2.34. The number of halogens is 3. The van der Waals surface area contributed by atoms with E-state index in [9.17, 15) is 22.4 Å². The van der Waals surface area contributed by atoms with E-state index in [1.54, 1.807) is 26.0 Å². The summed E-state index contributed by atoms with van der Waals surface area (Å²) in [6.45, 7) is 4.65. The van der Waals surface area contributed by atoms with Crippen LogP contribution < -0.4 is 9.62 Å².